The molecule has 0 aliphatic carbocycles. The number of hydrogen-bond acceptors (Lipinski definition) is 5. The molecule has 0 bridgehead atoms. The molecule has 112 valence electrons. The van der Waals surface area contributed by atoms with Crippen LogP contribution in [0, 0.1) is 0 Å². The molecule has 1 heterocycles. The molecule has 1 atom stereocenters. The van der Waals surface area contributed by atoms with Crippen LogP contribution in [0.1, 0.15) is 11.7 Å². The van der Waals surface area contributed by atoms with Gasteiger partial charge in [0.05, 0.1) is 31.6 Å². The van der Waals surface area contributed by atoms with Crippen LogP contribution in [0.2, 0.25) is 0 Å². The van der Waals surface area contributed by atoms with Gasteiger partial charge in [0.1, 0.15) is 5.75 Å². The molecule has 0 saturated carbocycles. The third-order valence-electron chi connectivity index (χ3n) is 3.20. The molecule has 1 aromatic carbocycles. The molecule has 6 heteroatoms. The largest absolute Gasteiger partial charge is 0.497 e. The first-order chi connectivity index (χ1) is 10.0. The van der Waals surface area contributed by atoms with E-state index in [4.69, 9.17) is 4.74 Å². The van der Waals surface area contributed by atoms with Gasteiger partial charge >= 0.3 is 0 Å². The normalized spacial score (nSPS) is 12.0. The Balaban J connectivity index is 2.19. The molecule has 0 spiro atoms. The summed E-state index contributed by atoms with van der Waals surface area (Å²) in [5, 5.41) is 14.3. The molecule has 0 fully saturated rings. The van der Waals surface area contributed by atoms with E-state index in [1.807, 2.05) is 14.1 Å². The quantitative estimate of drug-likeness (QED) is 0.891. The van der Waals surface area contributed by atoms with Crippen LogP contribution >= 0.6 is 0 Å². The van der Waals surface area contributed by atoms with Crippen molar-refractivity contribution in [2.24, 2.45) is 0 Å². The van der Waals surface area contributed by atoms with Crippen molar-refractivity contribution in [2.45, 2.75) is 12.6 Å². The number of aliphatic hydroxyl groups excluding tert-OH is 1. The average molecular weight is 289 g/mol. The van der Waals surface area contributed by atoms with E-state index < -0.39 is 6.10 Å². The van der Waals surface area contributed by atoms with Crippen LogP contribution in [0.4, 0.5) is 5.69 Å². The number of methoxy groups -OCH3 is 1. The Morgan fingerprint density at radius 2 is 2.14 bits per heavy atom. The summed E-state index contributed by atoms with van der Waals surface area (Å²) in [5.41, 5.74) is 1.16. The second kappa shape index (κ2) is 6.41. The van der Waals surface area contributed by atoms with Crippen molar-refractivity contribution in [3.05, 3.63) is 52.4 Å². The molecule has 0 aliphatic heterocycles. The average Bonchev–Trinajstić information content (AvgIpc) is 2.49. The van der Waals surface area contributed by atoms with Gasteiger partial charge in [0, 0.05) is 20.2 Å². The van der Waals surface area contributed by atoms with E-state index in [9.17, 15) is 9.90 Å². The summed E-state index contributed by atoms with van der Waals surface area (Å²) in [7, 11) is 5.25. The maximum absolute atomic E-state index is 12.0. The predicted molar refractivity (Wildman–Crippen MR) is 80.8 cm³/mol. The number of aromatic nitrogens is 2. The molecule has 0 radical (unpaired) electrons. The van der Waals surface area contributed by atoms with Gasteiger partial charge in [-0.2, -0.15) is 5.10 Å². The molecule has 0 saturated heterocycles. The lowest BCUT2D eigenvalue weighted by Gasteiger charge is -2.15. The summed E-state index contributed by atoms with van der Waals surface area (Å²) in [6.45, 7) is 0.0969. The fourth-order valence-corrected chi connectivity index (χ4v) is 1.92. The van der Waals surface area contributed by atoms with Gasteiger partial charge in [-0.1, -0.05) is 12.1 Å². The third-order valence-corrected chi connectivity index (χ3v) is 3.20. The molecule has 1 unspecified atom stereocenters. The number of benzene rings is 1. The molecule has 0 amide bonds. The molecule has 1 N–H and O–H groups in total. The Morgan fingerprint density at radius 1 is 1.38 bits per heavy atom. The minimum atomic E-state index is -0.824. The fourth-order valence-electron chi connectivity index (χ4n) is 1.92. The molecule has 21 heavy (non-hydrogen) atoms. The van der Waals surface area contributed by atoms with Gasteiger partial charge in [0.15, 0.2) is 0 Å². The zero-order chi connectivity index (χ0) is 15.4. The van der Waals surface area contributed by atoms with Gasteiger partial charge in [-0.05, 0) is 17.7 Å². The second-order valence-corrected chi connectivity index (χ2v) is 4.92. The van der Waals surface area contributed by atoms with Crippen molar-refractivity contribution in [1.29, 1.82) is 0 Å². The van der Waals surface area contributed by atoms with Crippen LogP contribution in [-0.2, 0) is 6.54 Å². The summed E-state index contributed by atoms with van der Waals surface area (Å²) in [6, 6.07) is 8.61. The predicted octanol–water partition coefficient (Wildman–Crippen LogP) is 1.05. The monoisotopic (exact) mass is 289 g/mol. The minimum Gasteiger partial charge on any atom is -0.497 e. The van der Waals surface area contributed by atoms with Crippen molar-refractivity contribution in [3.8, 4) is 5.75 Å². The summed E-state index contributed by atoms with van der Waals surface area (Å²) in [6.07, 6.45) is 0.773. The SMILES string of the molecule is COc1cccc(C(O)Cn2ncc(N(C)C)cc2=O)c1. The van der Waals surface area contributed by atoms with Crippen molar-refractivity contribution in [1.82, 2.24) is 9.78 Å². The highest BCUT2D eigenvalue weighted by molar-refractivity contribution is 5.40. The first-order valence-corrected chi connectivity index (χ1v) is 6.58. The Morgan fingerprint density at radius 3 is 2.76 bits per heavy atom. The molecule has 0 aliphatic rings. The highest BCUT2D eigenvalue weighted by Gasteiger charge is 2.11. The van der Waals surface area contributed by atoms with Gasteiger partial charge in [-0.3, -0.25) is 4.79 Å². The second-order valence-electron chi connectivity index (χ2n) is 4.92. The maximum atomic E-state index is 12.0. The van der Waals surface area contributed by atoms with Gasteiger partial charge in [-0.25, -0.2) is 4.68 Å². The number of hydrogen-bond donors (Lipinski definition) is 1. The highest BCUT2D eigenvalue weighted by atomic mass is 16.5. The topological polar surface area (TPSA) is 67.6 Å². The zero-order valence-electron chi connectivity index (χ0n) is 12.4. The number of rotatable bonds is 5. The van der Waals surface area contributed by atoms with E-state index in [-0.39, 0.29) is 12.1 Å². The Kier molecular flexibility index (Phi) is 4.59. The standard InChI is InChI=1S/C15H19N3O3/c1-17(2)12-8-15(20)18(16-9-12)10-14(19)11-5-4-6-13(7-11)21-3/h4-9,14,19H,10H2,1-3H3. The Bertz CT molecular complexity index is 667. The van der Waals surface area contributed by atoms with Crippen molar-refractivity contribution >= 4 is 5.69 Å². The first-order valence-electron chi connectivity index (χ1n) is 6.58. The van der Waals surface area contributed by atoms with Gasteiger partial charge in [0.2, 0.25) is 0 Å². The maximum Gasteiger partial charge on any atom is 0.268 e. The van der Waals surface area contributed by atoms with Crippen LogP contribution in [0.15, 0.2) is 41.3 Å². The van der Waals surface area contributed by atoms with Crippen LogP contribution < -0.4 is 15.2 Å². The molecule has 6 nitrogen and oxygen atoms in total. The summed E-state index contributed by atoms with van der Waals surface area (Å²) in [4.78, 5) is 13.8. The highest BCUT2D eigenvalue weighted by Crippen LogP contribution is 2.19. The smallest absolute Gasteiger partial charge is 0.268 e. The van der Waals surface area contributed by atoms with Crippen LogP contribution in [0.5, 0.6) is 5.75 Å². The van der Waals surface area contributed by atoms with Crippen molar-refractivity contribution in [3.63, 3.8) is 0 Å². The molecule has 2 rings (SSSR count). The molecular weight excluding hydrogens is 270 g/mol. The van der Waals surface area contributed by atoms with Crippen LogP contribution in [0.3, 0.4) is 0 Å². The first kappa shape index (κ1) is 15.1. The van der Waals surface area contributed by atoms with Gasteiger partial charge < -0.3 is 14.7 Å². The Hall–Kier alpha value is -2.34. The van der Waals surface area contributed by atoms with Gasteiger partial charge in [-0.15, -0.1) is 0 Å². The fraction of sp³-hybridized carbons (Fsp3) is 0.333. The van der Waals surface area contributed by atoms with Crippen LogP contribution in [0.25, 0.3) is 0 Å². The van der Waals surface area contributed by atoms with E-state index in [0.29, 0.717) is 11.3 Å². The number of nitrogens with zero attached hydrogens (tertiary/aromatic N) is 3. The van der Waals surface area contributed by atoms with E-state index in [1.165, 1.54) is 10.7 Å². The van der Waals surface area contributed by atoms with E-state index in [2.05, 4.69) is 5.10 Å². The van der Waals surface area contributed by atoms with Crippen molar-refractivity contribution in [2.75, 3.05) is 26.1 Å². The van der Waals surface area contributed by atoms with E-state index >= 15 is 0 Å². The lowest BCUT2D eigenvalue weighted by atomic mass is 10.1. The summed E-state index contributed by atoms with van der Waals surface area (Å²) in [5.74, 6) is 0.662. The lowest BCUT2D eigenvalue weighted by Crippen LogP contribution is -2.26. The summed E-state index contributed by atoms with van der Waals surface area (Å²) >= 11 is 0. The van der Waals surface area contributed by atoms with Crippen LogP contribution in [-0.4, -0.2) is 36.1 Å². The molecule has 1 aromatic heterocycles. The molecule has 2 aromatic rings. The lowest BCUT2D eigenvalue weighted by molar-refractivity contribution is 0.149. The van der Waals surface area contributed by atoms with E-state index in [1.54, 1.807) is 42.5 Å². The zero-order valence-corrected chi connectivity index (χ0v) is 12.4. The summed E-state index contributed by atoms with van der Waals surface area (Å²) < 4.78 is 6.37. The number of ether oxygens (including phenoxy) is 1. The van der Waals surface area contributed by atoms with Gasteiger partial charge in [0.25, 0.3) is 5.56 Å². The Labute approximate surface area is 123 Å². The number of aliphatic hydroxyl groups is 1. The third kappa shape index (κ3) is 3.61. The number of anilines is 1. The molecular formula is C15H19N3O3. The minimum absolute atomic E-state index is 0.0969. The van der Waals surface area contributed by atoms with Crippen molar-refractivity contribution < 1.29 is 9.84 Å². The van der Waals surface area contributed by atoms with E-state index in [0.717, 1.165) is 5.69 Å².